The van der Waals surface area contributed by atoms with Crippen molar-refractivity contribution >= 4 is 29.9 Å². The molecule has 156 valence electrons. The number of benzene rings is 1. The van der Waals surface area contributed by atoms with Crippen LogP contribution in [-0.2, 0) is 12.0 Å². The molecule has 0 amide bonds. The molecular formula is C20H30FIN4O2. The Hall–Kier alpha value is -1.84. The highest BCUT2D eigenvalue weighted by Gasteiger charge is 2.19. The first kappa shape index (κ1) is 24.2. The quantitative estimate of drug-likeness (QED) is 0.348. The van der Waals surface area contributed by atoms with E-state index in [2.05, 4.69) is 36.1 Å². The molecule has 2 aromatic rings. The van der Waals surface area contributed by atoms with Crippen molar-refractivity contribution in [2.75, 3.05) is 26.7 Å². The molecule has 0 saturated heterocycles. The molecule has 0 aliphatic heterocycles. The molecule has 0 aliphatic carbocycles. The normalized spacial score (nSPS) is 11.7. The number of nitrogens with zero attached hydrogens (tertiary/aromatic N) is 3. The molecule has 1 heterocycles. The summed E-state index contributed by atoms with van der Waals surface area (Å²) >= 11 is 0. The molecule has 1 N–H and O–H groups in total. The fourth-order valence-electron chi connectivity index (χ4n) is 2.30. The Morgan fingerprint density at radius 2 is 2.04 bits per heavy atom. The summed E-state index contributed by atoms with van der Waals surface area (Å²) in [6.45, 7) is 10.2. The van der Waals surface area contributed by atoms with Gasteiger partial charge in [0.05, 0.1) is 12.7 Å². The Kier molecular flexibility index (Phi) is 9.71. The van der Waals surface area contributed by atoms with Crippen LogP contribution in [0.2, 0.25) is 0 Å². The van der Waals surface area contributed by atoms with Gasteiger partial charge in [-0.05, 0) is 19.1 Å². The molecule has 0 unspecified atom stereocenters. The maximum Gasteiger partial charge on any atom is 0.216 e. The number of hydrogen-bond acceptors (Lipinski definition) is 4. The van der Waals surface area contributed by atoms with Gasteiger partial charge in [-0.3, -0.25) is 0 Å². The van der Waals surface area contributed by atoms with Crippen LogP contribution in [0.15, 0.2) is 39.9 Å². The van der Waals surface area contributed by atoms with Crippen molar-refractivity contribution in [1.82, 2.24) is 15.2 Å². The summed E-state index contributed by atoms with van der Waals surface area (Å²) in [6, 6.07) is 6.38. The molecule has 0 spiro atoms. The fraction of sp³-hybridized carbons (Fsp3) is 0.500. The molecule has 1 aromatic heterocycles. The van der Waals surface area contributed by atoms with Gasteiger partial charge < -0.3 is 19.4 Å². The molecule has 6 nitrogen and oxygen atoms in total. The van der Waals surface area contributed by atoms with Crippen molar-refractivity contribution in [3.05, 3.63) is 47.9 Å². The van der Waals surface area contributed by atoms with Crippen LogP contribution < -0.4 is 10.1 Å². The molecule has 0 bridgehead atoms. The highest BCUT2D eigenvalue weighted by molar-refractivity contribution is 14.0. The number of guanidine groups is 1. The van der Waals surface area contributed by atoms with E-state index in [1.54, 1.807) is 24.4 Å². The Morgan fingerprint density at radius 3 is 2.64 bits per heavy atom. The van der Waals surface area contributed by atoms with E-state index in [1.807, 2.05) is 18.9 Å². The zero-order valence-corrected chi connectivity index (χ0v) is 19.5. The van der Waals surface area contributed by atoms with Crippen LogP contribution in [0.3, 0.4) is 0 Å². The standard InChI is InChI=1S/C20H29FN4O2.HI/c1-6-22-19(24-14-18-23-13-17(27-18)20(2,3)4)25(5)11-12-26-16-10-8-7-9-15(16)21;/h7-10,13H,6,11-12,14H2,1-5H3,(H,22,24);1H. The van der Waals surface area contributed by atoms with Gasteiger partial charge in [0.1, 0.15) is 18.9 Å². The minimum atomic E-state index is -0.362. The number of likely N-dealkylation sites (N-methyl/N-ethyl adjacent to an activating group) is 1. The molecule has 0 aliphatic rings. The SMILES string of the molecule is CCNC(=NCc1ncc(C(C)(C)C)o1)N(C)CCOc1ccccc1F.I. The lowest BCUT2D eigenvalue weighted by atomic mass is 9.94. The summed E-state index contributed by atoms with van der Waals surface area (Å²) in [4.78, 5) is 10.8. The number of aliphatic imine (C=N–C) groups is 1. The second-order valence-corrected chi connectivity index (χ2v) is 7.24. The highest BCUT2D eigenvalue weighted by atomic mass is 127. The number of halogens is 2. The molecule has 2 rings (SSSR count). The lowest BCUT2D eigenvalue weighted by Gasteiger charge is -2.22. The smallest absolute Gasteiger partial charge is 0.216 e. The van der Waals surface area contributed by atoms with Crippen LogP contribution in [0.4, 0.5) is 4.39 Å². The number of para-hydroxylation sites is 1. The topological polar surface area (TPSA) is 62.9 Å². The molecule has 8 heteroatoms. The summed E-state index contributed by atoms with van der Waals surface area (Å²) in [6.07, 6.45) is 1.75. The number of ether oxygens (including phenoxy) is 1. The first-order valence-electron chi connectivity index (χ1n) is 9.13. The van der Waals surface area contributed by atoms with Gasteiger partial charge in [0.25, 0.3) is 0 Å². The predicted molar refractivity (Wildman–Crippen MR) is 120 cm³/mol. The van der Waals surface area contributed by atoms with Crippen LogP contribution in [0.1, 0.15) is 39.3 Å². The molecule has 0 radical (unpaired) electrons. The van der Waals surface area contributed by atoms with Crippen molar-refractivity contribution in [3.8, 4) is 5.75 Å². The lowest BCUT2D eigenvalue weighted by Crippen LogP contribution is -2.40. The average molecular weight is 504 g/mol. The van der Waals surface area contributed by atoms with Crippen LogP contribution >= 0.6 is 24.0 Å². The average Bonchev–Trinajstić information content (AvgIpc) is 3.09. The van der Waals surface area contributed by atoms with E-state index in [0.717, 1.165) is 12.3 Å². The van der Waals surface area contributed by atoms with E-state index >= 15 is 0 Å². The van der Waals surface area contributed by atoms with E-state index in [4.69, 9.17) is 9.15 Å². The minimum Gasteiger partial charge on any atom is -0.489 e. The fourth-order valence-corrected chi connectivity index (χ4v) is 2.30. The lowest BCUT2D eigenvalue weighted by molar-refractivity contribution is 0.270. The summed E-state index contributed by atoms with van der Waals surface area (Å²) in [5, 5.41) is 3.23. The number of nitrogens with one attached hydrogen (secondary N) is 1. The van der Waals surface area contributed by atoms with E-state index in [1.165, 1.54) is 6.07 Å². The minimum absolute atomic E-state index is 0. The largest absolute Gasteiger partial charge is 0.489 e. The number of rotatable bonds is 7. The molecular weight excluding hydrogens is 474 g/mol. The van der Waals surface area contributed by atoms with Crippen molar-refractivity contribution < 1.29 is 13.5 Å². The molecule has 0 fully saturated rings. The number of oxazole rings is 1. The van der Waals surface area contributed by atoms with E-state index in [-0.39, 0.29) is 41.0 Å². The van der Waals surface area contributed by atoms with Crippen LogP contribution in [-0.4, -0.2) is 42.6 Å². The van der Waals surface area contributed by atoms with Crippen LogP contribution in [0, 0.1) is 5.82 Å². The van der Waals surface area contributed by atoms with E-state index in [9.17, 15) is 4.39 Å². The van der Waals surface area contributed by atoms with Gasteiger partial charge in [0.15, 0.2) is 17.5 Å². The summed E-state index contributed by atoms with van der Waals surface area (Å²) < 4.78 is 24.9. The Labute approximate surface area is 183 Å². The van der Waals surface area contributed by atoms with Gasteiger partial charge in [-0.2, -0.15) is 0 Å². The van der Waals surface area contributed by atoms with Gasteiger partial charge in [-0.15, -0.1) is 24.0 Å². The second-order valence-electron chi connectivity index (χ2n) is 7.24. The number of aromatic nitrogens is 1. The summed E-state index contributed by atoms with van der Waals surface area (Å²) in [5.41, 5.74) is -0.0830. The van der Waals surface area contributed by atoms with E-state index < -0.39 is 0 Å². The van der Waals surface area contributed by atoms with Gasteiger partial charge in [-0.1, -0.05) is 32.9 Å². The third-order valence-corrected chi connectivity index (χ3v) is 3.87. The molecule has 28 heavy (non-hydrogen) atoms. The highest BCUT2D eigenvalue weighted by Crippen LogP contribution is 2.22. The van der Waals surface area contributed by atoms with Crippen molar-refractivity contribution in [2.24, 2.45) is 4.99 Å². The monoisotopic (exact) mass is 504 g/mol. The predicted octanol–water partition coefficient (Wildman–Crippen LogP) is 4.21. The first-order chi connectivity index (χ1) is 12.8. The van der Waals surface area contributed by atoms with Crippen LogP contribution in [0.5, 0.6) is 5.75 Å². The summed E-state index contributed by atoms with van der Waals surface area (Å²) in [7, 11) is 1.91. The van der Waals surface area contributed by atoms with Gasteiger partial charge in [0, 0.05) is 19.0 Å². The Balaban J connectivity index is 0.00000392. The maximum atomic E-state index is 13.6. The Bertz CT molecular complexity index is 759. The number of hydrogen-bond donors (Lipinski definition) is 1. The van der Waals surface area contributed by atoms with Gasteiger partial charge >= 0.3 is 0 Å². The van der Waals surface area contributed by atoms with Crippen molar-refractivity contribution in [2.45, 2.75) is 39.7 Å². The molecule has 1 aromatic carbocycles. The van der Waals surface area contributed by atoms with Gasteiger partial charge in [-0.25, -0.2) is 14.4 Å². The summed E-state index contributed by atoms with van der Waals surface area (Å²) in [5.74, 6) is 2.02. The zero-order chi connectivity index (χ0) is 19.9. The zero-order valence-electron chi connectivity index (χ0n) is 17.2. The van der Waals surface area contributed by atoms with Gasteiger partial charge in [0.2, 0.25) is 5.89 Å². The van der Waals surface area contributed by atoms with Crippen molar-refractivity contribution in [3.63, 3.8) is 0 Å². The maximum absolute atomic E-state index is 13.6. The second kappa shape index (κ2) is 11.2. The molecule has 0 saturated carbocycles. The van der Waals surface area contributed by atoms with E-state index in [0.29, 0.717) is 31.5 Å². The van der Waals surface area contributed by atoms with Crippen LogP contribution in [0.25, 0.3) is 0 Å². The molecule has 0 atom stereocenters. The Morgan fingerprint density at radius 1 is 1.32 bits per heavy atom. The third kappa shape index (κ3) is 7.29. The first-order valence-corrected chi connectivity index (χ1v) is 9.13. The third-order valence-electron chi connectivity index (χ3n) is 3.87. The van der Waals surface area contributed by atoms with Crippen molar-refractivity contribution in [1.29, 1.82) is 0 Å².